The Morgan fingerprint density at radius 3 is 1.69 bits per heavy atom. The van der Waals surface area contributed by atoms with Crippen molar-refractivity contribution in [1.82, 2.24) is 16.0 Å². The maximum atomic E-state index is 5.12. The lowest BCUT2D eigenvalue weighted by atomic mass is 9.84. The van der Waals surface area contributed by atoms with Crippen molar-refractivity contribution in [2.75, 3.05) is 0 Å². The number of benzene rings is 7. The Kier molecular flexibility index (Phi) is 9.64. The lowest BCUT2D eigenvalue weighted by Crippen LogP contribution is -2.39. The van der Waals surface area contributed by atoms with Crippen molar-refractivity contribution in [2.24, 2.45) is 9.98 Å². The molecule has 5 heteroatoms. The first-order valence-electron chi connectivity index (χ1n) is 20.1. The fraction of sp³-hybridized carbons (Fsp3) is 0.0943. The zero-order valence-corrected chi connectivity index (χ0v) is 32.1. The smallest absolute Gasteiger partial charge is 0.169 e. The molecule has 0 radical (unpaired) electrons. The van der Waals surface area contributed by atoms with E-state index in [1.165, 1.54) is 44.5 Å². The minimum Gasteiger partial charge on any atom is -0.366 e. The number of rotatable bonds is 8. The Hall–Kier alpha value is -7.08. The van der Waals surface area contributed by atoms with E-state index in [2.05, 4.69) is 180 Å². The lowest BCUT2D eigenvalue weighted by Gasteiger charge is -2.33. The van der Waals surface area contributed by atoms with Gasteiger partial charge in [-0.05, 0) is 74.6 Å². The number of amidine groups is 2. The van der Waals surface area contributed by atoms with E-state index in [0.717, 1.165) is 52.5 Å². The summed E-state index contributed by atoms with van der Waals surface area (Å²) in [6.07, 6.45) is 8.63. The molecule has 58 heavy (non-hydrogen) atoms. The second kappa shape index (κ2) is 15.8. The highest BCUT2D eigenvalue weighted by atomic mass is 15.2. The lowest BCUT2D eigenvalue weighted by molar-refractivity contribution is 0.442. The van der Waals surface area contributed by atoms with Crippen LogP contribution in [0, 0.1) is 0 Å². The van der Waals surface area contributed by atoms with Gasteiger partial charge in [0.2, 0.25) is 0 Å². The SMILES string of the molecule is C1=Cc2c(ccc(-c3ccc(C4=CC(c5ccccc5)NC(c5ccccc5)N4)cc3)c2-c2ccc(C3N=C(c4ccccc4)NC(c4ccccc4)=N3)cc2)CC1. The number of aryl methyl sites for hydroxylation is 1. The molecule has 0 fully saturated rings. The number of nitrogens with zero attached hydrogens (tertiary/aromatic N) is 2. The summed E-state index contributed by atoms with van der Waals surface area (Å²) in [5.41, 5.74) is 15.4. The number of allylic oxidation sites excluding steroid dienone is 1. The largest absolute Gasteiger partial charge is 0.366 e. The summed E-state index contributed by atoms with van der Waals surface area (Å²) in [4.78, 5) is 10.2. The van der Waals surface area contributed by atoms with Crippen LogP contribution < -0.4 is 16.0 Å². The molecule has 0 saturated heterocycles. The van der Waals surface area contributed by atoms with Gasteiger partial charge in [0.15, 0.2) is 6.17 Å². The molecule has 10 rings (SSSR count). The van der Waals surface area contributed by atoms with E-state index in [1.54, 1.807) is 0 Å². The fourth-order valence-electron chi connectivity index (χ4n) is 8.30. The van der Waals surface area contributed by atoms with Crippen molar-refractivity contribution in [3.05, 3.63) is 239 Å². The van der Waals surface area contributed by atoms with Crippen LogP contribution in [-0.4, -0.2) is 11.7 Å². The molecule has 3 N–H and O–H groups in total. The van der Waals surface area contributed by atoms with Crippen LogP contribution in [0.1, 0.15) is 69.3 Å². The zero-order chi connectivity index (χ0) is 38.7. The topological polar surface area (TPSA) is 60.8 Å². The number of aliphatic imine (C=N–C) groups is 2. The van der Waals surface area contributed by atoms with Crippen LogP contribution in [0.4, 0.5) is 0 Å². The predicted molar refractivity (Wildman–Crippen MR) is 239 cm³/mol. The predicted octanol–water partition coefficient (Wildman–Crippen LogP) is 11.4. The van der Waals surface area contributed by atoms with E-state index >= 15 is 0 Å². The van der Waals surface area contributed by atoms with E-state index in [-0.39, 0.29) is 18.4 Å². The van der Waals surface area contributed by atoms with Crippen LogP contribution in [0.3, 0.4) is 0 Å². The Labute approximate surface area is 340 Å². The maximum Gasteiger partial charge on any atom is 0.169 e. The van der Waals surface area contributed by atoms with Crippen LogP contribution >= 0.6 is 0 Å². The molecule has 2 unspecified atom stereocenters. The zero-order valence-electron chi connectivity index (χ0n) is 32.1. The molecule has 280 valence electrons. The number of nitrogens with one attached hydrogen (secondary N) is 3. The molecule has 1 aliphatic carbocycles. The summed E-state index contributed by atoms with van der Waals surface area (Å²) < 4.78 is 0. The fourth-order valence-corrected chi connectivity index (χ4v) is 8.30. The molecule has 7 aromatic rings. The van der Waals surface area contributed by atoms with Gasteiger partial charge >= 0.3 is 0 Å². The van der Waals surface area contributed by atoms with E-state index in [4.69, 9.17) is 9.98 Å². The van der Waals surface area contributed by atoms with Gasteiger partial charge in [0.1, 0.15) is 17.8 Å². The number of hydrogen-bond acceptors (Lipinski definition) is 5. The standard InChI is InChI=1S/C53H43N5/c1-5-16-38(17-6-1)47-35-48(55-50(54-47)41-18-7-2-8-19-41)39-27-25-37(26-28-39)46-34-33-36-15-13-14-24-45(36)49(46)40-29-31-44(32-30-40)53-57-51(42-20-9-3-10-21-42)56-52(58-53)43-22-11-4-12-23-43/h1-12,14,16-35,47,50,53-55H,13,15H2,(H,56,57,58). The first kappa shape index (κ1) is 35.3. The van der Waals surface area contributed by atoms with E-state index < -0.39 is 0 Å². The Balaban J connectivity index is 0.996. The van der Waals surface area contributed by atoms with Crippen LogP contribution in [0.5, 0.6) is 0 Å². The summed E-state index contributed by atoms with van der Waals surface area (Å²) in [5, 5.41) is 11.1. The van der Waals surface area contributed by atoms with Crippen LogP contribution in [0.2, 0.25) is 0 Å². The summed E-state index contributed by atoms with van der Waals surface area (Å²) in [6, 6.07) is 64.5. The van der Waals surface area contributed by atoms with Crippen molar-refractivity contribution < 1.29 is 0 Å². The van der Waals surface area contributed by atoms with Gasteiger partial charge in [0, 0.05) is 16.8 Å². The minimum absolute atomic E-state index is 0.0239. The average Bonchev–Trinajstić information content (AvgIpc) is 3.32. The van der Waals surface area contributed by atoms with Crippen molar-refractivity contribution in [2.45, 2.75) is 31.2 Å². The third kappa shape index (κ3) is 7.20. The summed E-state index contributed by atoms with van der Waals surface area (Å²) in [6.45, 7) is 0. The van der Waals surface area contributed by atoms with Gasteiger partial charge in [-0.15, -0.1) is 0 Å². The van der Waals surface area contributed by atoms with Gasteiger partial charge in [0.25, 0.3) is 0 Å². The highest BCUT2D eigenvalue weighted by Gasteiger charge is 2.25. The molecular formula is C53H43N5. The van der Waals surface area contributed by atoms with E-state index in [1.807, 2.05) is 36.4 Å². The monoisotopic (exact) mass is 749 g/mol. The minimum atomic E-state index is -0.377. The van der Waals surface area contributed by atoms with Gasteiger partial charge in [-0.25, -0.2) is 9.98 Å². The highest BCUT2D eigenvalue weighted by Crippen LogP contribution is 2.41. The first-order valence-corrected chi connectivity index (χ1v) is 20.1. The molecule has 0 saturated carbocycles. The van der Waals surface area contributed by atoms with Gasteiger partial charge < -0.3 is 10.6 Å². The number of fused-ring (bicyclic) bond motifs is 1. The Morgan fingerprint density at radius 1 is 0.483 bits per heavy atom. The third-order valence-electron chi connectivity index (χ3n) is 11.3. The molecule has 2 atom stereocenters. The number of hydrogen-bond donors (Lipinski definition) is 3. The van der Waals surface area contributed by atoms with Crippen LogP contribution in [0.15, 0.2) is 204 Å². The molecule has 0 amide bonds. The molecule has 7 aromatic carbocycles. The molecule has 2 aliphatic heterocycles. The molecule has 0 bridgehead atoms. The summed E-state index contributed by atoms with van der Waals surface area (Å²) >= 11 is 0. The summed E-state index contributed by atoms with van der Waals surface area (Å²) in [5.74, 6) is 1.64. The van der Waals surface area contributed by atoms with Gasteiger partial charge in [-0.3, -0.25) is 5.32 Å². The normalized spacial score (nSPS) is 17.6. The quantitative estimate of drug-likeness (QED) is 0.145. The van der Waals surface area contributed by atoms with Gasteiger partial charge in [-0.1, -0.05) is 194 Å². The molecule has 2 heterocycles. The van der Waals surface area contributed by atoms with E-state index in [9.17, 15) is 0 Å². The van der Waals surface area contributed by atoms with Crippen LogP contribution in [0.25, 0.3) is 34.0 Å². The second-order valence-electron chi connectivity index (χ2n) is 15.0. The molecule has 0 spiro atoms. The summed E-state index contributed by atoms with van der Waals surface area (Å²) in [7, 11) is 0. The van der Waals surface area contributed by atoms with Crippen LogP contribution in [-0.2, 0) is 6.42 Å². The molecule has 3 aliphatic rings. The second-order valence-corrected chi connectivity index (χ2v) is 15.0. The van der Waals surface area contributed by atoms with Crippen molar-refractivity contribution in [3.63, 3.8) is 0 Å². The van der Waals surface area contributed by atoms with Crippen molar-refractivity contribution in [1.29, 1.82) is 0 Å². The maximum absolute atomic E-state index is 5.12. The van der Waals surface area contributed by atoms with Gasteiger partial charge in [-0.2, -0.15) is 0 Å². The molecule has 5 nitrogen and oxygen atoms in total. The molecule has 0 aromatic heterocycles. The molecular weight excluding hydrogens is 707 g/mol. The van der Waals surface area contributed by atoms with Gasteiger partial charge in [0.05, 0.1) is 6.04 Å². The Bertz CT molecular complexity index is 2610. The third-order valence-corrected chi connectivity index (χ3v) is 11.3. The van der Waals surface area contributed by atoms with E-state index in [0.29, 0.717) is 0 Å². The van der Waals surface area contributed by atoms with Crippen molar-refractivity contribution >= 4 is 23.4 Å². The van der Waals surface area contributed by atoms with Crippen molar-refractivity contribution in [3.8, 4) is 22.3 Å². The first-order chi connectivity index (χ1) is 28.7. The highest BCUT2D eigenvalue weighted by molar-refractivity contribution is 6.15. The average molecular weight is 750 g/mol. The Morgan fingerprint density at radius 2 is 1.05 bits per heavy atom.